The number of hydrogen-bond acceptors (Lipinski definition) is 2. The number of nitrogens with one attached hydrogen (secondary N) is 1. The Morgan fingerprint density at radius 3 is 2.44 bits per heavy atom. The molecule has 0 aromatic rings. The molecule has 0 unspecified atom stereocenters. The first kappa shape index (κ1) is 11.7. The highest BCUT2D eigenvalue weighted by Gasteiger charge is 2.47. The summed E-state index contributed by atoms with van der Waals surface area (Å²) in [6, 6.07) is 0. The molecular formula is C10H14F3NO2. The van der Waals surface area contributed by atoms with Gasteiger partial charge in [0.1, 0.15) is 6.10 Å². The summed E-state index contributed by atoms with van der Waals surface area (Å²) in [5.74, 6) is -0.447. The van der Waals surface area contributed by atoms with Crippen LogP contribution in [0.5, 0.6) is 0 Å². The van der Waals surface area contributed by atoms with Gasteiger partial charge < -0.3 is 10.1 Å². The number of hydrogen-bond donors (Lipinski definition) is 1. The van der Waals surface area contributed by atoms with Gasteiger partial charge in [-0.05, 0) is 18.8 Å². The maximum atomic E-state index is 12.5. The molecule has 0 aromatic carbocycles. The van der Waals surface area contributed by atoms with Gasteiger partial charge in [0.05, 0.1) is 6.54 Å². The average molecular weight is 237 g/mol. The van der Waals surface area contributed by atoms with Crippen LogP contribution in [0.1, 0.15) is 25.7 Å². The SMILES string of the molecule is O=C1NC[C@@H](C(F)(F)F)O[C@@H]1C1CCCC1. The van der Waals surface area contributed by atoms with Gasteiger partial charge in [-0.1, -0.05) is 12.8 Å². The third-order valence-corrected chi connectivity index (χ3v) is 3.22. The van der Waals surface area contributed by atoms with Crippen LogP contribution < -0.4 is 5.32 Å². The summed E-state index contributed by atoms with van der Waals surface area (Å²) >= 11 is 0. The van der Waals surface area contributed by atoms with E-state index in [1.165, 1.54) is 0 Å². The minimum absolute atomic E-state index is 0.0508. The van der Waals surface area contributed by atoms with Crippen molar-refractivity contribution < 1.29 is 22.7 Å². The predicted octanol–water partition coefficient (Wildman–Crippen LogP) is 1.62. The van der Waals surface area contributed by atoms with E-state index in [4.69, 9.17) is 4.74 Å². The second kappa shape index (κ2) is 4.24. The molecule has 0 bridgehead atoms. The highest BCUT2D eigenvalue weighted by atomic mass is 19.4. The summed E-state index contributed by atoms with van der Waals surface area (Å²) in [6.07, 6.45) is -3.67. The van der Waals surface area contributed by atoms with Crippen molar-refractivity contribution in [2.24, 2.45) is 5.92 Å². The predicted molar refractivity (Wildman–Crippen MR) is 49.7 cm³/mol. The number of morpholine rings is 1. The quantitative estimate of drug-likeness (QED) is 0.752. The lowest BCUT2D eigenvalue weighted by atomic mass is 9.98. The molecule has 1 heterocycles. The molecule has 1 saturated carbocycles. The second-order valence-corrected chi connectivity index (χ2v) is 4.38. The monoisotopic (exact) mass is 237 g/mol. The van der Waals surface area contributed by atoms with Crippen LogP contribution in [-0.4, -0.2) is 30.8 Å². The molecule has 3 nitrogen and oxygen atoms in total. The molecule has 6 heteroatoms. The highest BCUT2D eigenvalue weighted by molar-refractivity contribution is 5.81. The van der Waals surface area contributed by atoms with Crippen molar-refractivity contribution in [2.45, 2.75) is 44.1 Å². The van der Waals surface area contributed by atoms with Crippen LogP contribution in [0.25, 0.3) is 0 Å². The van der Waals surface area contributed by atoms with Gasteiger partial charge in [0.25, 0.3) is 0 Å². The number of alkyl halides is 3. The molecule has 1 aliphatic heterocycles. The molecule has 16 heavy (non-hydrogen) atoms. The smallest absolute Gasteiger partial charge is 0.354 e. The van der Waals surface area contributed by atoms with E-state index in [1.54, 1.807) is 0 Å². The van der Waals surface area contributed by atoms with E-state index in [9.17, 15) is 18.0 Å². The van der Waals surface area contributed by atoms with Crippen LogP contribution in [0, 0.1) is 5.92 Å². The molecule has 92 valence electrons. The van der Waals surface area contributed by atoms with E-state index in [0.29, 0.717) is 0 Å². The lowest BCUT2D eigenvalue weighted by molar-refractivity contribution is -0.242. The van der Waals surface area contributed by atoms with Gasteiger partial charge in [-0.25, -0.2) is 0 Å². The maximum absolute atomic E-state index is 12.5. The molecule has 2 fully saturated rings. The summed E-state index contributed by atoms with van der Waals surface area (Å²) in [4.78, 5) is 11.5. The van der Waals surface area contributed by atoms with Crippen LogP contribution in [-0.2, 0) is 9.53 Å². The molecule has 2 aliphatic rings. The molecule has 1 aliphatic carbocycles. The van der Waals surface area contributed by atoms with Crippen molar-refractivity contribution in [1.29, 1.82) is 0 Å². The van der Waals surface area contributed by atoms with E-state index in [-0.39, 0.29) is 5.92 Å². The number of carbonyl (C=O) groups is 1. The first-order valence-electron chi connectivity index (χ1n) is 5.48. The van der Waals surface area contributed by atoms with Gasteiger partial charge in [0.2, 0.25) is 5.91 Å². The maximum Gasteiger partial charge on any atom is 0.416 e. The largest absolute Gasteiger partial charge is 0.416 e. The van der Waals surface area contributed by atoms with Crippen molar-refractivity contribution in [3.8, 4) is 0 Å². The molecule has 1 N–H and O–H groups in total. The Bertz CT molecular complexity index is 274. The summed E-state index contributed by atoms with van der Waals surface area (Å²) in [5, 5.41) is 2.28. The average Bonchev–Trinajstić information content (AvgIpc) is 2.69. The van der Waals surface area contributed by atoms with E-state index in [1.807, 2.05) is 0 Å². The highest BCUT2D eigenvalue weighted by Crippen LogP contribution is 2.34. The zero-order chi connectivity index (χ0) is 11.8. The first-order valence-corrected chi connectivity index (χ1v) is 5.48. The van der Waals surface area contributed by atoms with E-state index < -0.39 is 30.8 Å². The van der Waals surface area contributed by atoms with Gasteiger partial charge in [0.15, 0.2) is 6.10 Å². The van der Waals surface area contributed by atoms with Gasteiger partial charge >= 0.3 is 6.18 Å². The van der Waals surface area contributed by atoms with Crippen LogP contribution in [0.15, 0.2) is 0 Å². The Morgan fingerprint density at radius 1 is 1.25 bits per heavy atom. The molecule has 2 rings (SSSR count). The molecule has 2 atom stereocenters. The van der Waals surface area contributed by atoms with Crippen molar-refractivity contribution in [1.82, 2.24) is 5.32 Å². The van der Waals surface area contributed by atoms with Crippen molar-refractivity contribution in [3.63, 3.8) is 0 Å². The summed E-state index contributed by atoms with van der Waals surface area (Å²) < 4.78 is 42.3. The fourth-order valence-corrected chi connectivity index (χ4v) is 2.36. The number of ether oxygens (including phenoxy) is 1. The van der Waals surface area contributed by atoms with Gasteiger partial charge in [-0.3, -0.25) is 4.79 Å². The molecule has 1 amide bonds. The molecule has 1 saturated heterocycles. The van der Waals surface area contributed by atoms with Gasteiger partial charge in [-0.2, -0.15) is 13.2 Å². The van der Waals surface area contributed by atoms with Crippen molar-refractivity contribution >= 4 is 5.91 Å². The topological polar surface area (TPSA) is 38.3 Å². The molecule has 0 aromatic heterocycles. The lowest BCUT2D eigenvalue weighted by Crippen LogP contribution is -2.56. The minimum Gasteiger partial charge on any atom is -0.354 e. The van der Waals surface area contributed by atoms with E-state index >= 15 is 0 Å². The van der Waals surface area contributed by atoms with E-state index in [0.717, 1.165) is 25.7 Å². The Morgan fingerprint density at radius 2 is 1.88 bits per heavy atom. The third kappa shape index (κ3) is 2.31. The van der Waals surface area contributed by atoms with E-state index in [2.05, 4.69) is 5.32 Å². The molecule has 0 radical (unpaired) electrons. The Hall–Kier alpha value is -0.780. The van der Waals surface area contributed by atoms with Crippen LogP contribution in [0.4, 0.5) is 13.2 Å². The van der Waals surface area contributed by atoms with Gasteiger partial charge in [-0.15, -0.1) is 0 Å². The number of amides is 1. The Balaban J connectivity index is 2.02. The first-order chi connectivity index (χ1) is 7.48. The van der Waals surface area contributed by atoms with Gasteiger partial charge in [0, 0.05) is 0 Å². The lowest BCUT2D eigenvalue weighted by Gasteiger charge is -2.33. The standard InChI is InChI=1S/C10H14F3NO2/c11-10(12,13)7-5-14-9(15)8(16-7)6-3-1-2-4-6/h6-8H,1-5H2,(H,14,15)/t7-,8+/m0/s1. The fourth-order valence-electron chi connectivity index (χ4n) is 2.36. The number of halogens is 3. The summed E-state index contributed by atoms with van der Waals surface area (Å²) in [7, 11) is 0. The number of carbonyl (C=O) groups excluding carboxylic acids is 1. The fraction of sp³-hybridized carbons (Fsp3) is 0.900. The third-order valence-electron chi connectivity index (χ3n) is 3.22. The molecule has 0 spiro atoms. The summed E-state index contributed by atoms with van der Waals surface area (Å²) in [6.45, 7) is -0.467. The normalized spacial score (nSPS) is 32.8. The molecular weight excluding hydrogens is 223 g/mol. The minimum atomic E-state index is -4.40. The Kier molecular flexibility index (Phi) is 3.10. The van der Waals surface area contributed by atoms with Crippen molar-refractivity contribution in [2.75, 3.05) is 6.54 Å². The number of rotatable bonds is 1. The zero-order valence-electron chi connectivity index (χ0n) is 8.72. The van der Waals surface area contributed by atoms with Crippen LogP contribution >= 0.6 is 0 Å². The Labute approximate surface area is 91.3 Å². The van der Waals surface area contributed by atoms with Crippen LogP contribution in [0.3, 0.4) is 0 Å². The summed E-state index contributed by atoms with van der Waals surface area (Å²) in [5.41, 5.74) is 0. The van der Waals surface area contributed by atoms with Crippen LogP contribution in [0.2, 0.25) is 0 Å². The van der Waals surface area contributed by atoms with Crippen molar-refractivity contribution in [3.05, 3.63) is 0 Å². The second-order valence-electron chi connectivity index (χ2n) is 4.38. The zero-order valence-corrected chi connectivity index (χ0v) is 8.72.